The number of ether oxygens (including phenoxy) is 2. The van der Waals surface area contributed by atoms with E-state index in [1.165, 1.54) is 25.3 Å². The summed E-state index contributed by atoms with van der Waals surface area (Å²) in [7, 11) is 1.46. The van der Waals surface area contributed by atoms with Crippen LogP contribution in [0.3, 0.4) is 0 Å². The minimum absolute atomic E-state index is 0.158. The highest BCUT2D eigenvalue weighted by molar-refractivity contribution is 6.30. The van der Waals surface area contributed by atoms with Gasteiger partial charge in [0.25, 0.3) is 5.89 Å². The zero-order valence-corrected chi connectivity index (χ0v) is 16.5. The molecular formula is C22H15ClF2N2O3. The lowest BCUT2D eigenvalue weighted by Crippen LogP contribution is -2.03. The Morgan fingerprint density at radius 1 is 0.933 bits per heavy atom. The van der Waals surface area contributed by atoms with Crippen molar-refractivity contribution in [3.8, 4) is 34.3 Å². The smallest absolute Gasteiger partial charge is 0.258 e. The number of aromatic nitrogens is 2. The Balaban J connectivity index is 1.56. The first kappa shape index (κ1) is 19.8. The fraction of sp³-hybridized carbons (Fsp3) is 0.0909. The molecule has 0 fully saturated rings. The third-order valence-corrected chi connectivity index (χ3v) is 4.62. The van der Waals surface area contributed by atoms with Crippen LogP contribution in [0.25, 0.3) is 22.8 Å². The monoisotopic (exact) mass is 428 g/mol. The molecule has 8 heteroatoms. The van der Waals surface area contributed by atoms with Crippen LogP contribution in [0.1, 0.15) is 5.56 Å². The molecule has 0 saturated carbocycles. The Hall–Kier alpha value is -3.45. The van der Waals surface area contributed by atoms with E-state index in [2.05, 4.69) is 10.1 Å². The molecule has 1 heterocycles. The van der Waals surface area contributed by atoms with Gasteiger partial charge in [0.1, 0.15) is 18.2 Å². The summed E-state index contributed by atoms with van der Waals surface area (Å²) in [4.78, 5) is 4.39. The average molecular weight is 429 g/mol. The normalized spacial score (nSPS) is 10.8. The lowest BCUT2D eigenvalue weighted by molar-refractivity contribution is 0.274. The van der Waals surface area contributed by atoms with Gasteiger partial charge in [0.2, 0.25) is 5.82 Å². The first-order chi connectivity index (χ1) is 14.5. The second-order valence-electron chi connectivity index (χ2n) is 6.28. The molecule has 3 aromatic carbocycles. The summed E-state index contributed by atoms with van der Waals surface area (Å²) in [5, 5.41) is 4.60. The molecule has 0 radical (unpaired) electrons. The summed E-state index contributed by atoms with van der Waals surface area (Å²) in [6, 6.07) is 15.6. The summed E-state index contributed by atoms with van der Waals surface area (Å²) < 4.78 is 43.8. The summed E-state index contributed by atoms with van der Waals surface area (Å²) in [6.45, 7) is -0.281. The van der Waals surface area contributed by atoms with Gasteiger partial charge in [-0.25, -0.2) is 8.78 Å². The summed E-state index contributed by atoms with van der Waals surface area (Å²) in [5.74, 6) is 0.0348. The topological polar surface area (TPSA) is 57.4 Å². The molecule has 0 amide bonds. The van der Waals surface area contributed by atoms with E-state index in [-0.39, 0.29) is 12.2 Å². The van der Waals surface area contributed by atoms with Gasteiger partial charge in [-0.1, -0.05) is 22.8 Å². The van der Waals surface area contributed by atoms with Gasteiger partial charge in [0, 0.05) is 16.1 Å². The van der Waals surface area contributed by atoms with E-state index in [0.29, 0.717) is 33.8 Å². The van der Waals surface area contributed by atoms with Crippen LogP contribution < -0.4 is 9.47 Å². The highest BCUT2D eigenvalue weighted by atomic mass is 35.5. The molecule has 0 N–H and O–H groups in total. The fourth-order valence-corrected chi connectivity index (χ4v) is 2.92. The van der Waals surface area contributed by atoms with Gasteiger partial charge < -0.3 is 14.0 Å². The molecule has 4 rings (SSSR count). The predicted molar refractivity (Wildman–Crippen MR) is 107 cm³/mol. The lowest BCUT2D eigenvalue weighted by atomic mass is 10.2. The van der Waals surface area contributed by atoms with E-state index in [0.717, 1.165) is 5.56 Å². The van der Waals surface area contributed by atoms with Crippen LogP contribution in [0.5, 0.6) is 11.5 Å². The Morgan fingerprint density at radius 3 is 2.33 bits per heavy atom. The van der Waals surface area contributed by atoms with Crippen LogP contribution in [0.4, 0.5) is 8.78 Å². The Morgan fingerprint density at radius 2 is 1.63 bits per heavy atom. The van der Waals surface area contributed by atoms with Crippen molar-refractivity contribution in [3.05, 3.63) is 82.9 Å². The molecule has 1 aromatic heterocycles. The Kier molecular flexibility index (Phi) is 5.63. The first-order valence-electron chi connectivity index (χ1n) is 8.89. The van der Waals surface area contributed by atoms with Crippen LogP contribution in [-0.4, -0.2) is 17.3 Å². The molecule has 0 spiro atoms. The van der Waals surface area contributed by atoms with Crippen molar-refractivity contribution in [2.75, 3.05) is 7.11 Å². The van der Waals surface area contributed by atoms with Gasteiger partial charge in [-0.3, -0.25) is 0 Å². The van der Waals surface area contributed by atoms with Gasteiger partial charge in [0.05, 0.1) is 12.7 Å². The van der Waals surface area contributed by atoms with E-state index in [9.17, 15) is 8.78 Å². The van der Waals surface area contributed by atoms with E-state index < -0.39 is 11.6 Å². The Bertz CT molecular complexity index is 1160. The van der Waals surface area contributed by atoms with Crippen LogP contribution in [0, 0.1) is 11.6 Å². The molecule has 152 valence electrons. The molecular weight excluding hydrogens is 414 g/mol. The number of methoxy groups -OCH3 is 1. The summed E-state index contributed by atoms with van der Waals surface area (Å²) in [5.41, 5.74) is 1.20. The number of rotatable bonds is 6. The number of hydrogen-bond acceptors (Lipinski definition) is 5. The summed E-state index contributed by atoms with van der Waals surface area (Å²) >= 11 is 5.90. The van der Waals surface area contributed by atoms with E-state index in [1.807, 2.05) is 0 Å². The van der Waals surface area contributed by atoms with Crippen molar-refractivity contribution in [2.45, 2.75) is 6.61 Å². The van der Waals surface area contributed by atoms with Crippen LogP contribution >= 0.6 is 11.6 Å². The molecule has 0 bridgehead atoms. The molecule has 0 aliphatic heterocycles. The van der Waals surface area contributed by atoms with Crippen molar-refractivity contribution < 1.29 is 22.8 Å². The van der Waals surface area contributed by atoms with Gasteiger partial charge in [-0.2, -0.15) is 4.98 Å². The van der Waals surface area contributed by atoms with Gasteiger partial charge in [0.15, 0.2) is 11.5 Å². The molecule has 0 saturated heterocycles. The molecule has 0 unspecified atom stereocenters. The number of benzene rings is 3. The zero-order valence-electron chi connectivity index (χ0n) is 15.7. The SMILES string of the molecule is COc1cc(-c2noc(-c3ccc(Cl)cc3)n2)ccc1OCc1c(F)cccc1F. The van der Waals surface area contributed by atoms with Crippen LogP contribution in [-0.2, 0) is 6.61 Å². The number of halogens is 3. The highest BCUT2D eigenvalue weighted by Crippen LogP contribution is 2.33. The fourth-order valence-electron chi connectivity index (χ4n) is 2.80. The molecule has 5 nitrogen and oxygen atoms in total. The molecule has 0 aliphatic carbocycles. The minimum atomic E-state index is -0.674. The van der Waals surface area contributed by atoms with E-state index in [1.54, 1.807) is 42.5 Å². The zero-order chi connectivity index (χ0) is 21.1. The lowest BCUT2D eigenvalue weighted by Gasteiger charge is -2.12. The standard InChI is InChI=1S/C22H15ClF2N2O3/c1-28-20-11-14(21-26-22(30-27-21)13-5-8-15(23)9-6-13)7-10-19(20)29-12-16-17(24)3-2-4-18(16)25/h2-11H,12H2,1H3. The van der Waals surface area contributed by atoms with Crippen LogP contribution in [0.2, 0.25) is 5.02 Å². The molecule has 0 aliphatic rings. The maximum absolute atomic E-state index is 13.8. The average Bonchev–Trinajstić information content (AvgIpc) is 3.24. The number of hydrogen-bond donors (Lipinski definition) is 0. The second-order valence-corrected chi connectivity index (χ2v) is 6.72. The highest BCUT2D eigenvalue weighted by Gasteiger charge is 2.15. The first-order valence-corrected chi connectivity index (χ1v) is 9.26. The van der Waals surface area contributed by atoms with Gasteiger partial charge in [-0.05, 0) is 54.6 Å². The third-order valence-electron chi connectivity index (χ3n) is 4.37. The van der Waals surface area contributed by atoms with E-state index in [4.69, 9.17) is 25.6 Å². The van der Waals surface area contributed by atoms with Gasteiger partial charge in [-0.15, -0.1) is 0 Å². The minimum Gasteiger partial charge on any atom is -0.493 e. The largest absolute Gasteiger partial charge is 0.493 e. The van der Waals surface area contributed by atoms with Crippen molar-refractivity contribution in [2.24, 2.45) is 0 Å². The maximum atomic E-state index is 13.8. The van der Waals surface area contributed by atoms with Crippen molar-refractivity contribution in [1.29, 1.82) is 0 Å². The van der Waals surface area contributed by atoms with Crippen molar-refractivity contribution >= 4 is 11.6 Å². The maximum Gasteiger partial charge on any atom is 0.258 e. The summed E-state index contributed by atoms with van der Waals surface area (Å²) in [6.07, 6.45) is 0. The van der Waals surface area contributed by atoms with Crippen molar-refractivity contribution in [1.82, 2.24) is 10.1 Å². The Labute approximate surface area is 175 Å². The van der Waals surface area contributed by atoms with E-state index >= 15 is 0 Å². The van der Waals surface area contributed by atoms with Crippen LogP contribution in [0.15, 0.2) is 65.2 Å². The quantitative estimate of drug-likeness (QED) is 0.381. The number of nitrogens with zero attached hydrogens (tertiary/aromatic N) is 2. The van der Waals surface area contributed by atoms with Gasteiger partial charge >= 0.3 is 0 Å². The molecule has 30 heavy (non-hydrogen) atoms. The predicted octanol–water partition coefficient (Wildman–Crippen LogP) is 5.92. The van der Waals surface area contributed by atoms with Crippen molar-refractivity contribution in [3.63, 3.8) is 0 Å². The molecule has 0 atom stereocenters. The second kappa shape index (κ2) is 8.51. The third kappa shape index (κ3) is 4.11. The molecule has 4 aromatic rings.